The minimum atomic E-state index is -0.792. The average Bonchev–Trinajstić information content (AvgIpc) is 2.67. The van der Waals surface area contributed by atoms with E-state index in [9.17, 15) is 5.11 Å². The van der Waals surface area contributed by atoms with Crippen molar-refractivity contribution in [2.45, 2.75) is 31.8 Å². The van der Waals surface area contributed by atoms with Gasteiger partial charge in [0.05, 0.1) is 6.20 Å². The van der Waals surface area contributed by atoms with E-state index in [0.29, 0.717) is 5.92 Å². The smallest absolute Gasteiger partial charge is 0.111 e. The fraction of sp³-hybridized carbons (Fsp3) is 0.583. The highest BCUT2D eigenvalue weighted by atomic mass is 16.3. The molecule has 1 heterocycles. The van der Waals surface area contributed by atoms with E-state index in [0.717, 1.165) is 24.8 Å². The van der Waals surface area contributed by atoms with Crippen molar-refractivity contribution in [2.24, 2.45) is 13.0 Å². The molecule has 3 nitrogen and oxygen atoms in total. The fourth-order valence-electron chi connectivity index (χ4n) is 2.11. The first-order chi connectivity index (χ1) is 7.14. The molecule has 1 aromatic heterocycles. The lowest BCUT2D eigenvalue weighted by molar-refractivity contribution is 0.0659. The molecule has 0 bridgehead atoms. The quantitative estimate of drug-likeness (QED) is 0.751. The summed E-state index contributed by atoms with van der Waals surface area (Å²) in [6.07, 6.45) is 10.7. The molecule has 0 aliphatic heterocycles. The van der Waals surface area contributed by atoms with Crippen LogP contribution in [0.3, 0.4) is 0 Å². The summed E-state index contributed by atoms with van der Waals surface area (Å²) in [6, 6.07) is 0. The van der Waals surface area contributed by atoms with Gasteiger partial charge < -0.3 is 5.11 Å². The highest BCUT2D eigenvalue weighted by molar-refractivity contribution is 5.24. The molecule has 0 saturated carbocycles. The molecule has 1 aliphatic rings. The van der Waals surface area contributed by atoms with Crippen LogP contribution in [0.4, 0.5) is 0 Å². The van der Waals surface area contributed by atoms with Gasteiger partial charge in [-0.05, 0) is 25.2 Å². The summed E-state index contributed by atoms with van der Waals surface area (Å²) >= 11 is 0. The number of hydrogen-bond acceptors (Lipinski definition) is 2. The SMILES string of the molecule is CCC1C=CC(O)(c2cnn(C)c2)CC1. The van der Waals surface area contributed by atoms with Crippen molar-refractivity contribution >= 4 is 0 Å². The van der Waals surface area contributed by atoms with Crippen LogP contribution in [0.25, 0.3) is 0 Å². The van der Waals surface area contributed by atoms with Gasteiger partial charge in [-0.25, -0.2) is 0 Å². The molecular weight excluding hydrogens is 188 g/mol. The Hall–Kier alpha value is -1.09. The second-order valence-electron chi connectivity index (χ2n) is 4.39. The Labute approximate surface area is 90.4 Å². The van der Waals surface area contributed by atoms with Crippen molar-refractivity contribution in [1.82, 2.24) is 9.78 Å². The third-order valence-corrected chi connectivity index (χ3v) is 3.27. The Balaban J connectivity index is 2.22. The first kappa shape index (κ1) is 10.4. The number of aromatic nitrogens is 2. The third kappa shape index (κ3) is 1.97. The van der Waals surface area contributed by atoms with Crippen molar-refractivity contribution in [1.29, 1.82) is 0 Å². The molecule has 0 aromatic carbocycles. The summed E-state index contributed by atoms with van der Waals surface area (Å²) < 4.78 is 1.73. The number of rotatable bonds is 2. The molecule has 15 heavy (non-hydrogen) atoms. The van der Waals surface area contributed by atoms with E-state index >= 15 is 0 Å². The summed E-state index contributed by atoms with van der Waals surface area (Å²) in [5, 5.41) is 14.5. The van der Waals surface area contributed by atoms with Crippen LogP contribution in [-0.4, -0.2) is 14.9 Å². The predicted octanol–water partition coefficient (Wildman–Crippen LogP) is 1.98. The lowest BCUT2D eigenvalue weighted by Gasteiger charge is -2.29. The van der Waals surface area contributed by atoms with E-state index in [1.54, 1.807) is 10.9 Å². The third-order valence-electron chi connectivity index (χ3n) is 3.27. The first-order valence-electron chi connectivity index (χ1n) is 5.55. The first-order valence-corrected chi connectivity index (χ1v) is 5.55. The zero-order chi connectivity index (χ0) is 10.9. The summed E-state index contributed by atoms with van der Waals surface area (Å²) in [4.78, 5) is 0. The van der Waals surface area contributed by atoms with E-state index in [-0.39, 0.29) is 0 Å². The minimum absolute atomic E-state index is 0.627. The van der Waals surface area contributed by atoms with Crippen molar-refractivity contribution in [3.8, 4) is 0 Å². The van der Waals surface area contributed by atoms with Gasteiger partial charge in [0.2, 0.25) is 0 Å². The standard InChI is InChI=1S/C12H18N2O/c1-3-10-4-6-12(15,7-5-10)11-8-13-14(2)9-11/h4,6,8-10,15H,3,5,7H2,1-2H3. The van der Waals surface area contributed by atoms with Crippen LogP contribution >= 0.6 is 0 Å². The molecule has 0 amide bonds. The van der Waals surface area contributed by atoms with Gasteiger partial charge in [0.15, 0.2) is 0 Å². The molecular formula is C12H18N2O. The van der Waals surface area contributed by atoms with Gasteiger partial charge in [-0.2, -0.15) is 5.10 Å². The van der Waals surface area contributed by atoms with Crippen LogP contribution in [-0.2, 0) is 12.6 Å². The average molecular weight is 206 g/mol. The molecule has 1 aromatic rings. The maximum absolute atomic E-state index is 10.4. The molecule has 3 heteroatoms. The van der Waals surface area contributed by atoms with E-state index in [1.165, 1.54) is 0 Å². The topological polar surface area (TPSA) is 38.1 Å². The Morgan fingerprint density at radius 1 is 1.67 bits per heavy atom. The van der Waals surface area contributed by atoms with E-state index in [4.69, 9.17) is 0 Å². The molecule has 0 saturated heterocycles. The molecule has 2 rings (SSSR count). The molecule has 2 atom stereocenters. The molecule has 1 aliphatic carbocycles. The van der Waals surface area contributed by atoms with Crippen LogP contribution in [0, 0.1) is 5.92 Å². The highest BCUT2D eigenvalue weighted by Crippen LogP contribution is 2.34. The molecule has 0 fully saturated rings. The van der Waals surface area contributed by atoms with Crippen LogP contribution in [0.5, 0.6) is 0 Å². The Morgan fingerprint density at radius 2 is 2.47 bits per heavy atom. The summed E-state index contributed by atoms with van der Waals surface area (Å²) in [7, 11) is 1.87. The largest absolute Gasteiger partial charge is 0.381 e. The van der Waals surface area contributed by atoms with Crippen LogP contribution < -0.4 is 0 Å². The van der Waals surface area contributed by atoms with Crippen molar-refractivity contribution in [3.05, 3.63) is 30.1 Å². The summed E-state index contributed by atoms with van der Waals surface area (Å²) in [6.45, 7) is 2.18. The summed E-state index contributed by atoms with van der Waals surface area (Å²) in [5.41, 5.74) is 0.107. The zero-order valence-corrected chi connectivity index (χ0v) is 9.35. The number of aliphatic hydroxyl groups is 1. The zero-order valence-electron chi connectivity index (χ0n) is 9.35. The van der Waals surface area contributed by atoms with Crippen molar-refractivity contribution < 1.29 is 5.11 Å². The van der Waals surface area contributed by atoms with Gasteiger partial charge in [-0.15, -0.1) is 0 Å². The van der Waals surface area contributed by atoms with Crippen LogP contribution in [0.1, 0.15) is 31.7 Å². The van der Waals surface area contributed by atoms with Gasteiger partial charge in [-0.3, -0.25) is 4.68 Å². The number of allylic oxidation sites excluding steroid dienone is 1. The lowest BCUT2D eigenvalue weighted by Crippen LogP contribution is -2.26. The van der Waals surface area contributed by atoms with Crippen molar-refractivity contribution in [3.63, 3.8) is 0 Å². The summed E-state index contributed by atoms with van der Waals surface area (Å²) in [5.74, 6) is 0.627. The van der Waals surface area contributed by atoms with E-state index in [1.807, 2.05) is 19.3 Å². The second-order valence-corrected chi connectivity index (χ2v) is 4.39. The number of nitrogens with zero attached hydrogens (tertiary/aromatic N) is 2. The maximum atomic E-state index is 10.4. The minimum Gasteiger partial charge on any atom is -0.381 e. The Bertz CT molecular complexity index is 369. The predicted molar refractivity (Wildman–Crippen MR) is 59.3 cm³/mol. The molecule has 0 radical (unpaired) electrons. The molecule has 0 spiro atoms. The van der Waals surface area contributed by atoms with Gasteiger partial charge in [0, 0.05) is 18.8 Å². The molecule has 2 unspecified atom stereocenters. The van der Waals surface area contributed by atoms with Gasteiger partial charge in [0.1, 0.15) is 5.60 Å². The van der Waals surface area contributed by atoms with E-state index < -0.39 is 5.60 Å². The van der Waals surface area contributed by atoms with Gasteiger partial charge in [-0.1, -0.05) is 19.1 Å². The van der Waals surface area contributed by atoms with Gasteiger partial charge >= 0.3 is 0 Å². The molecule has 1 N–H and O–H groups in total. The Morgan fingerprint density at radius 3 is 2.93 bits per heavy atom. The molecule has 82 valence electrons. The van der Waals surface area contributed by atoms with E-state index in [2.05, 4.69) is 18.1 Å². The normalized spacial score (nSPS) is 30.7. The van der Waals surface area contributed by atoms with Crippen LogP contribution in [0.2, 0.25) is 0 Å². The van der Waals surface area contributed by atoms with Crippen molar-refractivity contribution in [2.75, 3.05) is 0 Å². The lowest BCUT2D eigenvalue weighted by atomic mass is 9.81. The monoisotopic (exact) mass is 206 g/mol. The second kappa shape index (κ2) is 3.81. The number of hydrogen-bond donors (Lipinski definition) is 1. The maximum Gasteiger partial charge on any atom is 0.111 e. The van der Waals surface area contributed by atoms with Crippen LogP contribution in [0.15, 0.2) is 24.5 Å². The fourth-order valence-corrected chi connectivity index (χ4v) is 2.11. The highest BCUT2D eigenvalue weighted by Gasteiger charge is 2.31. The Kier molecular flexibility index (Phi) is 2.65. The number of aryl methyl sites for hydroxylation is 1. The van der Waals surface area contributed by atoms with Gasteiger partial charge in [0.25, 0.3) is 0 Å².